The molecule has 178 valence electrons. The van der Waals surface area contributed by atoms with Crippen LogP contribution in [0.4, 0.5) is 35.9 Å². The van der Waals surface area contributed by atoms with Crippen molar-refractivity contribution >= 4 is 28.7 Å². The van der Waals surface area contributed by atoms with Gasteiger partial charge in [0.1, 0.15) is 11.4 Å². The van der Waals surface area contributed by atoms with Crippen molar-refractivity contribution in [3.05, 3.63) is 83.2 Å². The van der Waals surface area contributed by atoms with E-state index in [1.165, 1.54) is 17.0 Å². The molecule has 3 aromatic rings. The topological polar surface area (TPSA) is 76.6 Å². The van der Waals surface area contributed by atoms with Gasteiger partial charge in [0.25, 0.3) is 5.91 Å². The molecule has 0 radical (unpaired) electrons. The summed E-state index contributed by atoms with van der Waals surface area (Å²) in [5, 5.41) is 19.4. The third kappa shape index (κ3) is 4.79. The summed E-state index contributed by atoms with van der Waals surface area (Å²) in [5.74, 6) is -3.71. The molecule has 0 aliphatic carbocycles. The largest absolute Gasteiger partial charge is 0.388 e. The van der Waals surface area contributed by atoms with E-state index in [1.807, 2.05) is 31.3 Å². The van der Waals surface area contributed by atoms with Crippen LogP contribution in [0.1, 0.15) is 15.9 Å². The van der Waals surface area contributed by atoms with E-state index in [0.29, 0.717) is 5.56 Å². The quantitative estimate of drug-likeness (QED) is 0.409. The van der Waals surface area contributed by atoms with Crippen LogP contribution in [0.3, 0.4) is 0 Å². The summed E-state index contributed by atoms with van der Waals surface area (Å²) in [6.45, 7) is 1.91. The number of benzene rings is 3. The highest BCUT2D eigenvalue weighted by molar-refractivity contribution is 6.01. The number of carbonyl (C=O) groups is 1. The first-order valence-electron chi connectivity index (χ1n) is 10.7. The molecule has 0 aromatic heterocycles. The number of carbonyl (C=O) groups excluding carboxylic acids is 1. The van der Waals surface area contributed by atoms with Crippen molar-refractivity contribution < 1.29 is 23.1 Å². The molecule has 1 aliphatic rings. The molecule has 0 atom stereocenters. The van der Waals surface area contributed by atoms with Gasteiger partial charge >= 0.3 is 0 Å². The third-order valence-electron chi connectivity index (χ3n) is 5.76. The van der Waals surface area contributed by atoms with Gasteiger partial charge in [0.15, 0.2) is 11.6 Å². The van der Waals surface area contributed by atoms with Gasteiger partial charge in [-0.25, -0.2) is 13.2 Å². The van der Waals surface area contributed by atoms with Gasteiger partial charge in [-0.05, 0) is 61.0 Å². The summed E-state index contributed by atoms with van der Waals surface area (Å²) in [6, 6.07) is 13.7. The number of aryl methyl sites for hydroxylation is 1. The lowest BCUT2D eigenvalue weighted by atomic mass is 9.92. The SMILES string of the molecule is CNc1ccc(NCC2(O)CN(C(=O)c3ccc(F)c(F)c3Nc3ccc(C)cc3F)C2)cc1. The van der Waals surface area contributed by atoms with Crippen molar-refractivity contribution in [1.82, 2.24) is 4.90 Å². The Morgan fingerprint density at radius 2 is 1.68 bits per heavy atom. The normalized spacial score (nSPS) is 14.4. The molecule has 1 amide bonds. The van der Waals surface area contributed by atoms with Gasteiger partial charge in [-0.2, -0.15) is 0 Å². The highest BCUT2D eigenvalue weighted by Gasteiger charge is 2.44. The average molecular weight is 470 g/mol. The van der Waals surface area contributed by atoms with Crippen LogP contribution in [-0.4, -0.2) is 48.2 Å². The van der Waals surface area contributed by atoms with Crippen molar-refractivity contribution in [2.45, 2.75) is 12.5 Å². The molecule has 0 saturated carbocycles. The second-order valence-corrected chi connectivity index (χ2v) is 8.46. The summed E-state index contributed by atoms with van der Waals surface area (Å²) in [4.78, 5) is 14.4. The van der Waals surface area contributed by atoms with Crippen LogP contribution in [0.5, 0.6) is 0 Å². The second kappa shape index (κ2) is 9.26. The van der Waals surface area contributed by atoms with Gasteiger partial charge in [0.05, 0.1) is 30.0 Å². The number of amides is 1. The molecular weight excluding hydrogens is 445 g/mol. The molecule has 34 heavy (non-hydrogen) atoms. The van der Waals surface area contributed by atoms with Gasteiger partial charge in [-0.1, -0.05) is 6.07 Å². The van der Waals surface area contributed by atoms with Crippen LogP contribution < -0.4 is 16.0 Å². The monoisotopic (exact) mass is 470 g/mol. The number of hydrogen-bond donors (Lipinski definition) is 4. The fourth-order valence-corrected chi connectivity index (χ4v) is 3.82. The fourth-order valence-electron chi connectivity index (χ4n) is 3.82. The Morgan fingerprint density at radius 1 is 1.00 bits per heavy atom. The molecule has 0 spiro atoms. The smallest absolute Gasteiger partial charge is 0.256 e. The zero-order chi connectivity index (χ0) is 24.5. The van der Waals surface area contributed by atoms with E-state index in [-0.39, 0.29) is 30.9 Å². The fraction of sp³-hybridized carbons (Fsp3) is 0.240. The zero-order valence-corrected chi connectivity index (χ0v) is 18.8. The maximum atomic E-state index is 14.6. The van der Waals surface area contributed by atoms with Gasteiger partial charge in [-0.3, -0.25) is 4.79 Å². The lowest BCUT2D eigenvalue weighted by Gasteiger charge is -2.46. The molecule has 1 saturated heterocycles. The minimum atomic E-state index is -1.28. The van der Waals surface area contributed by atoms with E-state index < -0.39 is 34.6 Å². The average Bonchev–Trinajstić information content (AvgIpc) is 2.80. The van der Waals surface area contributed by atoms with Crippen LogP contribution in [0.2, 0.25) is 0 Å². The van der Waals surface area contributed by atoms with Crippen molar-refractivity contribution in [3.8, 4) is 0 Å². The van der Waals surface area contributed by atoms with Crippen LogP contribution >= 0.6 is 0 Å². The molecule has 4 N–H and O–H groups in total. The summed E-state index contributed by atoms with van der Waals surface area (Å²) >= 11 is 0. The number of β-amino-alcohol motifs (C(OH)–C–C–N with tert-alkyl or cyclic N) is 1. The highest BCUT2D eigenvalue weighted by Crippen LogP contribution is 2.31. The molecule has 6 nitrogen and oxygen atoms in total. The van der Waals surface area contributed by atoms with Gasteiger partial charge in [0.2, 0.25) is 0 Å². The summed E-state index contributed by atoms with van der Waals surface area (Å²) in [7, 11) is 1.82. The summed E-state index contributed by atoms with van der Waals surface area (Å²) in [5.41, 5.74) is 0.549. The minimum Gasteiger partial charge on any atom is -0.388 e. The highest BCUT2D eigenvalue weighted by atomic mass is 19.2. The third-order valence-corrected chi connectivity index (χ3v) is 5.76. The predicted octanol–water partition coefficient (Wildman–Crippen LogP) is 4.50. The maximum absolute atomic E-state index is 14.6. The summed E-state index contributed by atoms with van der Waals surface area (Å²) in [6.07, 6.45) is 0. The molecule has 0 bridgehead atoms. The first kappa shape index (κ1) is 23.4. The van der Waals surface area contributed by atoms with Crippen molar-refractivity contribution in [2.24, 2.45) is 0 Å². The number of aliphatic hydroxyl groups is 1. The van der Waals surface area contributed by atoms with Crippen LogP contribution in [0.15, 0.2) is 54.6 Å². The number of halogens is 3. The predicted molar refractivity (Wildman–Crippen MR) is 126 cm³/mol. The van der Waals surface area contributed by atoms with Crippen LogP contribution in [0.25, 0.3) is 0 Å². The Hall–Kier alpha value is -3.72. The van der Waals surface area contributed by atoms with E-state index in [4.69, 9.17) is 0 Å². The molecule has 4 rings (SSSR count). The molecule has 1 aliphatic heterocycles. The maximum Gasteiger partial charge on any atom is 0.256 e. The van der Waals surface area contributed by atoms with Gasteiger partial charge in [-0.15, -0.1) is 0 Å². The minimum absolute atomic E-state index is 0.00472. The molecule has 0 unspecified atom stereocenters. The number of rotatable bonds is 7. The molecule has 9 heteroatoms. The van der Waals surface area contributed by atoms with Gasteiger partial charge < -0.3 is 26.0 Å². The number of nitrogens with one attached hydrogen (secondary N) is 3. The molecular formula is C25H25F3N4O2. The summed E-state index contributed by atoms with van der Waals surface area (Å²) < 4.78 is 42.8. The first-order chi connectivity index (χ1) is 16.2. The van der Waals surface area contributed by atoms with Crippen molar-refractivity contribution in [1.29, 1.82) is 0 Å². The molecule has 1 heterocycles. The molecule has 1 fully saturated rings. The Bertz CT molecular complexity index is 1210. The number of nitrogens with zero attached hydrogens (tertiary/aromatic N) is 1. The Labute approximate surface area is 195 Å². The number of likely N-dealkylation sites (tertiary alicyclic amines) is 1. The van der Waals surface area contributed by atoms with Crippen LogP contribution in [-0.2, 0) is 0 Å². The van der Waals surface area contributed by atoms with E-state index in [1.54, 1.807) is 13.0 Å². The Balaban J connectivity index is 1.46. The van der Waals surface area contributed by atoms with Gasteiger partial charge in [0, 0.05) is 25.0 Å². The van der Waals surface area contributed by atoms with E-state index in [2.05, 4.69) is 16.0 Å². The van der Waals surface area contributed by atoms with E-state index in [9.17, 15) is 23.1 Å². The number of anilines is 4. The lowest BCUT2D eigenvalue weighted by molar-refractivity contribution is -0.0706. The number of hydrogen-bond acceptors (Lipinski definition) is 5. The van der Waals surface area contributed by atoms with Crippen molar-refractivity contribution in [3.63, 3.8) is 0 Å². The van der Waals surface area contributed by atoms with Crippen molar-refractivity contribution in [2.75, 3.05) is 42.6 Å². The zero-order valence-electron chi connectivity index (χ0n) is 18.8. The van der Waals surface area contributed by atoms with Crippen LogP contribution in [0, 0.1) is 24.4 Å². The second-order valence-electron chi connectivity index (χ2n) is 8.46. The Morgan fingerprint density at radius 3 is 2.32 bits per heavy atom. The van der Waals surface area contributed by atoms with E-state index in [0.717, 1.165) is 23.5 Å². The standard InChI is InChI=1S/C25H25F3N4O2/c1-15-3-10-21(20(27)11-15)31-23-18(8-9-19(26)22(23)28)24(33)32-13-25(34,14-32)12-30-17-6-4-16(29-2)5-7-17/h3-11,29-31,34H,12-14H2,1-2H3. The molecule has 3 aromatic carbocycles. The van der Waals surface area contributed by atoms with E-state index >= 15 is 0 Å². The lowest BCUT2D eigenvalue weighted by Crippen LogP contribution is -2.66. The first-order valence-corrected chi connectivity index (χ1v) is 10.7. The Kier molecular flexibility index (Phi) is 6.39.